The molecule has 0 spiro atoms. The van der Waals surface area contributed by atoms with Gasteiger partial charge in [0.05, 0.1) is 0 Å². The fraction of sp³-hybridized carbons (Fsp3) is 0.929. The van der Waals surface area contributed by atoms with Gasteiger partial charge < -0.3 is 15.4 Å². The molecule has 3 fully saturated rings. The highest BCUT2D eigenvalue weighted by Gasteiger charge is 2.37. The molecule has 2 unspecified atom stereocenters. The fourth-order valence-electron chi connectivity index (χ4n) is 4.00. The van der Waals surface area contributed by atoms with Crippen LogP contribution in [0.2, 0.25) is 0 Å². The highest BCUT2D eigenvalue weighted by atomic mass is 16.5. The van der Waals surface area contributed by atoms with Crippen molar-refractivity contribution in [2.45, 2.75) is 38.1 Å². The van der Waals surface area contributed by atoms with Crippen LogP contribution in [0, 0.1) is 17.8 Å². The molecule has 1 amide bonds. The first-order chi connectivity index (χ1) is 8.72. The molecule has 1 aliphatic carbocycles. The minimum absolute atomic E-state index is 0.214. The summed E-state index contributed by atoms with van der Waals surface area (Å²) in [6, 6.07) is 0.370. The van der Waals surface area contributed by atoms with E-state index in [1.165, 1.54) is 6.42 Å². The zero-order valence-corrected chi connectivity index (χ0v) is 11.0. The van der Waals surface area contributed by atoms with E-state index in [9.17, 15) is 4.79 Å². The number of ether oxygens (including phenoxy) is 1. The maximum Gasteiger partial charge on any atom is 0.225 e. The highest BCUT2D eigenvalue weighted by Crippen LogP contribution is 2.35. The lowest BCUT2D eigenvalue weighted by Crippen LogP contribution is -2.51. The van der Waals surface area contributed by atoms with Gasteiger partial charge in [-0.25, -0.2) is 0 Å². The summed E-state index contributed by atoms with van der Waals surface area (Å²) in [6.45, 7) is 3.39. The number of fused-ring (bicyclic) bond motifs is 2. The third-order valence-electron chi connectivity index (χ3n) is 4.78. The Morgan fingerprint density at radius 2 is 1.67 bits per heavy atom. The lowest BCUT2D eigenvalue weighted by atomic mass is 9.75. The number of amides is 1. The largest absolute Gasteiger partial charge is 0.381 e. The SMILES string of the molecule is NC1CC2CC(C1)CN(C(=O)C1CCOCC1)C2. The number of nitrogens with two attached hydrogens (primary N) is 1. The van der Waals surface area contributed by atoms with Crippen LogP contribution >= 0.6 is 0 Å². The average Bonchev–Trinajstić information content (AvgIpc) is 2.37. The van der Waals surface area contributed by atoms with Crippen molar-refractivity contribution in [1.29, 1.82) is 0 Å². The molecule has 1 saturated carbocycles. The molecule has 2 N–H and O–H groups in total. The van der Waals surface area contributed by atoms with Gasteiger partial charge in [0.25, 0.3) is 0 Å². The zero-order chi connectivity index (χ0) is 12.5. The molecule has 0 aromatic carbocycles. The van der Waals surface area contributed by atoms with Crippen molar-refractivity contribution >= 4 is 5.91 Å². The molecule has 102 valence electrons. The summed E-state index contributed by atoms with van der Waals surface area (Å²) in [4.78, 5) is 14.6. The van der Waals surface area contributed by atoms with Crippen LogP contribution in [0.25, 0.3) is 0 Å². The molecular formula is C14H24N2O2. The van der Waals surface area contributed by atoms with Crippen molar-refractivity contribution in [3.05, 3.63) is 0 Å². The van der Waals surface area contributed by atoms with E-state index in [0.717, 1.165) is 52.0 Å². The topological polar surface area (TPSA) is 55.6 Å². The molecule has 2 saturated heterocycles. The first-order valence-corrected chi connectivity index (χ1v) is 7.34. The van der Waals surface area contributed by atoms with Gasteiger partial charge >= 0.3 is 0 Å². The second kappa shape index (κ2) is 5.17. The van der Waals surface area contributed by atoms with Crippen LogP contribution in [-0.2, 0) is 9.53 Å². The van der Waals surface area contributed by atoms with Crippen molar-refractivity contribution in [2.75, 3.05) is 26.3 Å². The number of carbonyl (C=O) groups is 1. The van der Waals surface area contributed by atoms with Crippen molar-refractivity contribution in [3.8, 4) is 0 Å². The Kier molecular flexibility index (Phi) is 3.57. The smallest absolute Gasteiger partial charge is 0.225 e. The van der Waals surface area contributed by atoms with E-state index in [1.54, 1.807) is 0 Å². The van der Waals surface area contributed by atoms with Gasteiger partial charge in [0.1, 0.15) is 0 Å². The molecule has 0 aromatic rings. The summed E-state index contributed by atoms with van der Waals surface area (Å²) >= 11 is 0. The molecule has 2 heterocycles. The molecule has 18 heavy (non-hydrogen) atoms. The van der Waals surface area contributed by atoms with Gasteiger partial charge in [0.15, 0.2) is 0 Å². The third kappa shape index (κ3) is 2.54. The van der Waals surface area contributed by atoms with E-state index < -0.39 is 0 Å². The van der Waals surface area contributed by atoms with Crippen LogP contribution < -0.4 is 5.73 Å². The number of carbonyl (C=O) groups excluding carboxylic acids is 1. The van der Waals surface area contributed by atoms with Crippen LogP contribution in [-0.4, -0.2) is 43.2 Å². The quantitative estimate of drug-likeness (QED) is 0.757. The van der Waals surface area contributed by atoms with E-state index in [2.05, 4.69) is 4.90 Å². The highest BCUT2D eigenvalue weighted by molar-refractivity contribution is 5.79. The normalized spacial score (nSPS) is 37.6. The first kappa shape index (κ1) is 12.4. The van der Waals surface area contributed by atoms with Crippen LogP contribution in [0.4, 0.5) is 0 Å². The minimum Gasteiger partial charge on any atom is -0.381 e. The summed E-state index contributed by atoms with van der Waals surface area (Å²) in [6.07, 6.45) is 5.31. The first-order valence-electron chi connectivity index (χ1n) is 7.34. The lowest BCUT2D eigenvalue weighted by Gasteiger charge is -2.44. The average molecular weight is 252 g/mol. The predicted molar refractivity (Wildman–Crippen MR) is 68.9 cm³/mol. The van der Waals surface area contributed by atoms with Gasteiger partial charge in [0, 0.05) is 38.3 Å². The summed E-state index contributed by atoms with van der Waals surface area (Å²) in [5, 5.41) is 0. The molecule has 0 radical (unpaired) electrons. The van der Waals surface area contributed by atoms with Crippen molar-refractivity contribution in [3.63, 3.8) is 0 Å². The number of rotatable bonds is 1. The predicted octanol–water partition coefficient (Wildman–Crippen LogP) is 0.999. The van der Waals surface area contributed by atoms with E-state index >= 15 is 0 Å². The number of nitrogens with zero attached hydrogens (tertiary/aromatic N) is 1. The lowest BCUT2D eigenvalue weighted by molar-refractivity contribution is -0.142. The van der Waals surface area contributed by atoms with Gasteiger partial charge in [-0.15, -0.1) is 0 Å². The van der Waals surface area contributed by atoms with Gasteiger partial charge in [-0.2, -0.15) is 0 Å². The molecular weight excluding hydrogens is 228 g/mol. The summed E-state index contributed by atoms with van der Waals surface area (Å²) < 4.78 is 5.34. The molecule has 2 atom stereocenters. The molecule has 0 aromatic heterocycles. The maximum atomic E-state index is 12.5. The Morgan fingerprint density at radius 3 is 2.28 bits per heavy atom. The summed E-state index contributed by atoms with van der Waals surface area (Å²) in [5.74, 6) is 1.89. The second-order valence-electron chi connectivity index (χ2n) is 6.33. The maximum absolute atomic E-state index is 12.5. The molecule has 3 rings (SSSR count). The summed E-state index contributed by atoms with van der Waals surface area (Å²) in [7, 11) is 0. The fourth-order valence-corrected chi connectivity index (χ4v) is 4.00. The van der Waals surface area contributed by atoms with Gasteiger partial charge in [-0.05, 0) is 43.9 Å². The number of piperidine rings is 1. The minimum atomic E-state index is 0.214. The van der Waals surface area contributed by atoms with Gasteiger partial charge in [-0.3, -0.25) is 4.79 Å². The molecule has 4 nitrogen and oxygen atoms in total. The Labute approximate surface area is 109 Å². The van der Waals surface area contributed by atoms with Crippen LogP contribution in [0.5, 0.6) is 0 Å². The number of likely N-dealkylation sites (tertiary alicyclic amines) is 1. The van der Waals surface area contributed by atoms with Crippen molar-refractivity contribution < 1.29 is 9.53 Å². The van der Waals surface area contributed by atoms with Crippen LogP contribution in [0.3, 0.4) is 0 Å². The van der Waals surface area contributed by atoms with E-state index in [-0.39, 0.29) is 5.92 Å². The zero-order valence-electron chi connectivity index (χ0n) is 11.0. The number of hydrogen-bond donors (Lipinski definition) is 1. The van der Waals surface area contributed by atoms with Crippen LogP contribution in [0.1, 0.15) is 32.1 Å². The van der Waals surface area contributed by atoms with E-state index in [0.29, 0.717) is 23.8 Å². The Hall–Kier alpha value is -0.610. The Bertz CT molecular complexity index is 297. The van der Waals surface area contributed by atoms with Crippen LogP contribution in [0.15, 0.2) is 0 Å². The molecule has 4 heteroatoms. The molecule has 3 aliphatic rings. The third-order valence-corrected chi connectivity index (χ3v) is 4.78. The Balaban J connectivity index is 1.61. The Morgan fingerprint density at radius 1 is 1.06 bits per heavy atom. The standard InChI is InChI=1S/C14H24N2O2/c15-13-6-10-5-11(7-13)9-16(8-10)14(17)12-1-3-18-4-2-12/h10-13H,1-9,15H2. The van der Waals surface area contributed by atoms with E-state index in [1.807, 2.05) is 0 Å². The molecule has 2 bridgehead atoms. The monoisotopic (exact) mass is 252 g/mol. The molecule has 2 aliphatic heterocycles. The van der Waals surface area contributed by atoms with Gasteiger partial charge in [-0.1, -0.05) is 0 Å². The summed E-state index contributed by atoms with van der Waals surface area (Å²) in [5.41, 5.74) is 6.07. The second-order valence-corrected chi connectivity index (χ2v) is 6.33. The van der Waals surface area contributed by atoms with Crippen molar-refractivity contribution in [2.24, 2.45) is 23.5 Å². The van der Waals surface area contributed by atoms with Crippen molar-refractivity contribution in [1.82, 2.24) is 4.90 Å². The van der Waals surface area contributed by atoms with Gasteiger partial charge in [0.2, 0.25) is 5.91 Å². The number of hydrogen-bond acceptors (Lipinski definition) is 3. The van der Waals surface area contributed by atoms with E-state index in [4.69, 9.17) is 10.5 Å².